The van der Waals surface area contributed by atoms with E-state index in [1.54, 1.807) is 13.0 Å². The summed E-state index contributed by atoms with van der Waals surface area (Å²) in [5.41, 5.74) is 3.52. The molecule has 0 bridgehead atoms. The van der Waals surface area contributed by atoms with Crippen LogP contribution in [0.25, 0.3) is 21.8 Å². The number of fused-ring (bicyclic) bond motifs is 3. The normalized spacial score (nSPS) is 12.7. The fourth-order valence-corrected chi connectivity index (χ4v) is 5.38. The zero-order valence-electron chi connectivity index (χ0n) is 19.0. The van der Waals surface area contributed by atoms with E-state index in [0.717, 1.165) is 28.4 Å². The van der Waals surface area contributed by atoms with E-state index < -0.39 is 22.0 Å². The van der Waals surface area contributed by atoms with E-state index in [0.29, 0.717) is 17.0 Å². The van der Waals surface area contributed by atoms with Gasteiger partial charge in [0.1, 0.15) is 5.75 Å². The summed E-state index contributed by atoms with van der Waals surface area (Å²) in [6, 6.07) is 17.5. The highest BCUT2D eigenvalue weighted by Gasteiger charge is 2.23. The number of carbonyl (C=O) groups is 1. The highest BCUT2D eigenvalue weighted by atomic mass is 32.2. The Kier molecular flexibility index (Phi) is 6.14. The first-order chi connectivity index (χ1) is 15.7. The molecule has 1 atom stereocenters. The number of nitrogens with zero attached hydrogens (tertiary/aromatic N) is 1. The van der Waals surface area contributed by atoms with Gasteiger partial charge in [0, 0.05) is 34.0 Å². The molecule has 4 rings (SSSR count). The second-order valence-electron chi connectivity index (χ2n) is 7.96. The third-order valence-corrected chi connectivity index (χ3v) is 7.30. The van der Waals surface area contributed by atoms with E-state index in [4.69, 9.17) is 4.74 Å². The summed E-state index contributed by atoms with van der Waals surface area (Å²) in [4.78, 5) is 12.9. The van der Waals surface area contributed by atoms with Gasteiger partial charge in [-0.3, -0.25) is 4.79 Å². The molecule has 7 nitrogen and oxygen atoms in total. The molecule has 0 saturated carbocycles. The summed E-state index contributed by atoms with van der Waals surface area (Å²) in [6.45, 7) is 6.21. The van der Waals surface area contributed by atoms with Crippen molar-refractivity contribution in [2.75, 3.05) is 12.4 Å². The topological polar surface area (TPSA) is 89.4 Å². The molecule has 3 aromatic carbocycles. The molecule has 0 aliphatic heterocycles. The quantitative estimate of drug-likeness (QED) is 0.422. The lowest BCUT2D eigenvalue weighted by molar-refractivity contribution is -0.117. The monoisotopic (exact) mass is 465 g/mol. The summed E-state index contributed by atoms with van der Waals surface area (Å²) in [7, 11) is -2.35. The average Bonchev–Trinajstić information content (AvgIpc) is 3.11. The van der Waals surface area contributed by atoms with Crippen molar-refractivity contribution < 1.29 is 17.9 Å². The van der Waals surface area contributed by atoms with Gasteiger partial charge in [0.05, 0.1) is 18.0 Å². The Morgan fingerprint density at radius 3 is 2.45 bits per heavy atom. The number of aromatic nitrogens is 1. The Balaban J connectivity index is 1.55. The minimum atomic E-state index is -3.88. The molecule has 0 fully saturated rings. The van der Waals surface area contributed by atoms with E-state index >= 15 is 0 Å². The first-order valence-electron chi connectivity index (χ1n) is 10.7. The minimum absolute atomic E-state index is 0.0780. The molecule has 33 heavy (non-hydrogen) atoms. The van der Waals surface area contributed by atoms with E-state index in [9.17, 15) is 13.2 Å². The Morgan fingerprint density at radius 1 is 1.03 bits per heavy atom. The highest BCUT2D eigenvalue weighted by molar-refractivity contribution is 7.89. The van der Waals surface area contributed by atoms with Gasteiger partial charge >= 0.3 is 0 Å². The van der Waals surface area contributed by atoms with Crippen LogP contribution in [0.3, 0.4) is 0 Å². The van der Waals surface area contributed by atoms with Gasteiger partial charge in [0.2, 0.25) is 15.9 Å². The first kappa shape index (κ1) is 22.8. The van der Waals surface area contributed by atoms with Crippen LogP contribution in [-0.2, 0) is 21.4 Å². The van der Waals surface area contributed by atoms with Crippen molar-refractivity contribution in [1.29, 1.82) is 0 Å². The van der Waals surface area contributed by atoms with Gasteiger partial charge in [-0.2, -0.15) is 4.72 Å². The molecule has 4 aromatic rings. The Morgan fingerprint density at radius 2 is 1.76 bits per heavy atom. The van der Waals surface area contributed by atoms with E-state index in [1.165, 1.54) is 26.2 Å². The molecule has 1 aromatic heterocycles. The van der Waals surface area contributed by atoms with Crippen LogP contribution in [0.1, 0.15) is 19.4 Å². The predicted octanol–water partition coefficient (Wildman–Crippen LogP) is 4.44. The Bertz CT molecular complexity index is 1460. The van der Waals surface area contributed by atoms with Crippen LogP contribution in [0.4, 0.5) is 5.69 Å². The third-order valence-electron chi connectivity index (χ3n) is 5.76. The van der Waals surface area contributed by atoms with Crippen molar-refractivity contribution in [2.24, 2.45) is 0 Å². The largest absolute Gasteiger partial charge is 0.496 e. The average molecular weight is 466 g/mol. The lowest BCUT2D eigenvalue weighted by Gasteiger charge is -2.15. The maximum atomic E-state index is 12.8. The number of amides is 1. The van der Waals surface area contributed by atoms with Crippen LogP contribution >= 0.6 is 0 Å². The first-order valence-corrected chi connectivity index (χ1v) is 12.2. The maximum absolute atomic E-state index is 12.8. The molecule has 0 radical (unpaired) electrons. The van der Waals surface area contributed by atoms with Crippen molar-refractivity contribution in [1.82, 2.24) is 9.29 Å². The molecule has 1 heterocycles. The SMILES string of the molecule is CCn1c2ccccc2c2cc(NC(=O)[C@H](C)NS(=O)(=O)c3ccc(OC)c(C)c3)ccc21. The van der Waals surface area contributed by atoms with E-state index in [1.807, 2.05) is 30.3 Å². The number of carbonyl (C=O) groups excluding carboxylic acids is 1. The number of hydrogen-bond donors (Lipinski definition) is 2. The number of sulfonamides is 1. The number of para-hydroxylation sites is 1. The molecule has 8 heteroatoms. The Labute approximate surface area is 193 Å². The number of ether oxygens (including phenoxy) is 1. The third kappa shape index (κ3) is 4.31. The van der Waals surface area contributed by atoms with Crippen LogP contribution in [0.15, 0.2) is 65.6 Å². The summed E-state index contributed by atoms with van der Waals surface area (Å²) in [5.74, 6) is 0.155. The molecule has 0 aliphatic rings. The van der Waals surface area contributed by atoms with Gasteiger partial charge in [-0.15, -0.1) is 0 Å². The van der Waals surface area contributed by atoms with Crippen LogP contribution in [0.5, 0.6) is 5.75 Å². The van der Waals surface area contributed by atoms with Crippen LogP contribution < -0.4 is 14.8 Å². The zero-order chi connectivity index (χ0) is 23.8. The van der Waals surface area contributed by atoms with Crippen molar-refractivity contribution >= 4 is 43.4 Å². The molecule has 172 valence electrons. The van der Waals surface area contributed by atoms with E-state index in [-0.39, 0.29) is 4.90 Å². The minimum Gasteiger partial charge on any atom is -0.496 e. The van der Waals surface area contributed by atoms with Gasteiger partial charge in [0.25, 0.3) is 0 Å². The van der Waals surface area contributed by atoms with Crippen molar-refractivity contribution in [3.8, 4) is 5.75 Å². The van der Waals surface area contributed by atoms with Crippen LogP contribution in [0, 0.1) is 6.92 Å². The van der Waals surface area contributed by atoms with Crippen molar-refractivity contribution in [3.05, 3.63) is 66.2 Å². The number of nitrogens with one attached hydrogen (secondary N) is 2. The Hall–Kier alpha value is -3.36. The van der Waals surface area contributed by atoms with Gasteiger partial charge < -0.3 is 14.6 Å². The molecule has 0 unspecified atom stereocenters. The maximum Gasteiger partial charge on any atom is 0.242 e. The smallest absolute Gasteiger partial charge is 0.242 e. The lowest BCUT2D eigenvalue weighted by Crippen LogP contribution is -2.41. The number of hydrogen-bond acceptors (Lipinski definition) is 4. The fourth-order valence-electron chi connectivity index (χ4n) is 4.09. The van der Waals surface area contributed by atoms with Crippen LogP contribution in [0.2, 0.25) is 0 Å². The zero-order valence-corrected chi connectivity index (χ0v) is 19.9. The summed E-state index contributed by atoms with van der Waals surface area (Å²) in [6.07, 6.45) is 0. The number of benzene rings is 3. The molecule has 0 saturated heterocycles. The molecule has 1 amide bonds. The lowest BCUT2D eigenvalue weighted by atomic mass is 10.1. The van der Waals surface area contributed by atoms with Crippen molar-refractivity contribution in [2.45, 2.75) is 38.3 Å². The second-order valence-corrected chi connectivity index (χ2v) is 9.67. The molecule has 0 aliphatic carbocycles. The molecular weight excluding hydrogens is 438 g/mol. The van der Waals surface area contributed by atoms with Gasteiger partial charge in [-0.25, -0.2) is 8.42 Å². The standard InChI is InChI=1S/C25H27N3O4S/c1-5-28-22-9-7-6-8-20(22)21-15-18(10-12-23(21)28)26-25(29)17(3)27-33(30,31)19-11-13-24(32-4)16(2)14-19/h6-15,17,27H,5H2,1-4H3,(H,26,29)/t17-/m0/s1. The predicted molar refractivity (Wildman–Crippen MR) is 131 cm³/mol. The highest BCUT2D eigenvalue weighted by Crippen LogP contribution is 2.31. The number of methoxy groups -OCH3 is 1. The summed E-state index contributed by atoms with van der Waals surface area (Å²) in [5, 5.41) is 4.97. The summed E-state index contributed by atoms with van der Waals surface area (Å²) >= 11 is 0. The molecular formula is C25H27N3O4S. The molecule has 0 spiro atoms. The number of aryl methyl sites for hydroxylation is 2. The summed E-state index contributed by atoms with van der Waals surface area (Å²) < 4.78 is 35.4. The fraction of sp³-hybridized carbons (Fsp3) is 0.240. The van der Waals surface area contributed by atoms with Gasteiger partial charge in [-0.05, 0) is 68.8 Å². The van der Waals surface area contributed by atoms with Crippen LogP contribution in [-0.4, -0.2) is 32.0 Å². The van der Waals surface area contributed by atoms with Crippen molar-refractivity contribution in [3.63, 3.8) is 0 Å². The van der Waals surface area contributed by atoms with E-state index in [2.05, 4.69) is 33.7 Å². The molecule has 2 N–H and O–H groups in total. The van der Waals surface area contributed by atoms with Gasteiger partial charge in [-0.1, -0.05) is 18.2 Å². The number of rotatable bonds is 7. The second kappa shape index (κ2) is 8.88. The number of anilines is 1. The van der Waals surface area contributed by atoms with Gasteiger partial charge in [0.15, 0.2) is 0 Å².